The molecule has 0 bridgehead atoms. The van der Waals surface area contributed by atoms with Crippen LogP contribution in [0.4, 0.5) is 13.2 Å². The summed E-state index contributed by atoms with van der Waals surface area (Å²) >= 11 is 0. The molecule has 0 nitrogen and oxygen atoms in total. The number of halogens is 3. The lowest BCUT2D eigenvalue weighted by molar-refractivity contribution is 0.624. The molecule has 0 atom stereocenters. The fourth-order valence-corrected chi connectivity index (χ4v) is 4.23. The second kappa shape index (κ2) is 10.0. The van der Waals surface area contributed by atoms with Gasteiger partial charge in [-0.2, -0.15) is 0 Å². The van der Waals surface area contributed by atoms with Gasteiger partial charge in [0.1, 0.15) is 17.5 Å². The predicted molar refractivity (Wildman–Crippen MR) is 127 cm³/mol. The molecule has 4 aromatic rings. The van der Waals surface area contributed by atoms with Crippen molar-refractivity contribution in [3.8, 4) is 22.3 Å². The molecular formula is C29H27F3. The Balaban J connectivity index is 1.58. The van der Waals surface area contributed by atoms with Gasteiger partial charge in [0.05, 0.1) is 0 Å². The monoisotopic (exact) mass is 432 g/mol. The van der Waals surface area contributed by atoms with Crippen LogP contribution in [0.3, 0.4) is 0 Å². The molecule has 0 saturated carbocycles. The molecule has 3 heteroatoms. The molecule has 0 amide bonds. The minimum Gasteiger partial charge on any atom is -0.207 e. The van der Waals surface area contributed by atoms with Gasteiger partial charge >= 0.3 is 0 Å². The van der Waals surface area contributed by atoms with Crippen LogP contribution in [-0.4, -0.2) is 0 Å². The van der Waals surface area contributed by atoms with Gasteiger partial charge < -0.3 is 0 Å². The molecule has 0 aliphatic carbocycles. The first kappa shape index (κ1) is 22.1. The minimum atomic E-state index is -0.508. The van der Waals surface area contributed by atoms with E-state index in [1.165, 1.54) is 49.4 Å². The van der Waals surface area contributed by atoms with Crippen LogP contribution in [0.1, 0.15) is 44.6 Å². The Bertz CT molecular complexity index is 1230. The molecule has 0 unspecified atom stereocenters. The van der Waals surface area contributed by atoms with E-state index >= 15 is 4.39 Å². The normalized spacial score (nSPS) is 11.2. The van der Waals surface area contributed by atoms with E-state index < -0.39 is 11.6 Å². The second-order valence-corrected chi connectivity index (χ2v) is 8.35. The van der Waals surface area contributed by atoms with Gasteiger partial charge in [-0.1, -0.05) is 87.2 Å². The van der Waals surface area contributed by atoms with Gasteiger partial charge in [-0.3, -0.25) is 0 Å². The first-order chi connectivity index (χ1) is 15.6. The van der Waals surface area contributed by atoms with Gasteiger partial charge in [0, 0.05) is 16.5 Å². The number of rotatable bonds is 8. The summed E-state index contributed by atoms with van der Waals surface area (Å²) in [6.07, 6.45) is 7.12. The zero-order chi connectivity index (χ0) is 22.5. The molecule has 0 aliphatic heterocycles. The van der Waals surface area contributed by atoms with Gasteiger partial charge in [-0.15, -0.1) is 0 Å². The molecule has 0 N–H and O–H groups in total. The number of aryl methyl sites for hydroxylation is 1. The van der Waals surface area contributed by atoms with E-state index in [4.69, 9.17) is 0 Å². The maximum absolute atomic E-state index is 15.3. The molecule has 0 aliphatic rings. The van der Waals surface area contributed by atoms with E-state index in [-0.39, 0.29) is 11.4 Å². The molecule has 0 fully saturated rings. The molecule has 0 radical (unpaired) electrons. The molecule has 0 aromatic heterocycles. The lowest BCUT2D eigenvalue weighted by atomic mass is 9.96. The first-order valence-corrected chi connectivity index (χ1v) is 11.3. The highest BCUT2D eigenvalue weighted by atomic mass is 19.1. The highest BCUT2D eigenvalue weighted by Gasteiger charge is 2.13. The Labute approximate surface area is 187 Å². The van der Waals surface area contributed by atoms with E-state index in [2.05, 4.69) is 13.0 Å². The van der Waals surface area contributed by atoms with Crippen LogP contribution in [0.15, 0.2) is 72.8 Å². The van der Waals surface area contributed by atoms with Crippen molar-refractivity contribution in [1.29, 1.82) is 0 Å². The van der Waals surface area contributed by atoms with Crippen molar-refractivity contribution in [3.05, 3.63) is 95.8 Å². The summed E-state index contributed by atoms with van der Waals surface area (Å²) in [5, 5.41) is 1.39. The Morgan fingerprint density at radius 2 is 1.44 bits per heavy atom. The fraction of sp³-hybridized carbons (Fsp3) is 0.241. The topological polar surface area (TPSA) is 0 Å². The SMILES string of the molecule is CCCCCCCc1ccc2c(F)c(-c3ccc(-c4cccc(F)c4)c(F)c3)ccc2c1. The Hall–Kier alpha value is -3.07. The Morgan fingerprint density at radius 1 is 0.656 bits per heavy atom. The number of hydrogen-bond acceptors (Lipinski definition) is 0. The van der Waals surface area contributed by atoms with E-state index in [1.54, 1.807) is 30.3 Å². The molecule has 0 saturated heterocycles. The van der Waals surface area contributed by atoms with E-state index in [9.17, 15) is 8.78 Å². The van der Waals surface area contributed by atoms with Crippen molar-refractivity contribution >= 4 is 10.8 Å². The average Bonchev–Trinajstić information content (AvgIpc) is 2.79. The van der Waals surface area contributed by atoms with Crippen LogP contribution in [-0.2, 0) is 6.42 Å². The molecule has 32 heavy (non-hydrogen) atoms. The largest absolute Gasteiger partial charge is 0.207 e. The highest BCUT2D eigenvalue weighted by molar-refractivity contribution is 5.89. The second-order valence-electron chi connectivity index (χ2n) is 8.35. The van der Waals surface area contributed by atoms with Gasteiger partial charge in [-0.25, -0.2) is 13.2 Å². The van der Waals surface area contributed by atoms with Crippen LogP contribution in [0.5, 0.6) is 0 Å². The summed E-state index contributed by atoms with van der Waals surface area (Å²) in [7, 11) is 0. The summed E-state index contributed by atoms with van der Waals surface area (Å²) in [5.74, 6) is -1.28. The maximum atomic E-state index is 15.3. The number of benzene rings is 4. The van der Waals surface area contributed by atoms with Crippen LogP contribution in [0.25, 0.3) is 33.0 Å². The lowest BCUT2D eigenvalue weighted by Gasteiger charge is -2.11. The van der Waals surface area contributed by atoms with Crippen molar-refractivity contribution in [2.45, 2.75) is 45.4 Å². The summed E-state index contributed by atoms with van der Waals surface area (Å²) in [6, 6.07) is 19.8. The van der Waals surface area contributed by atoms with E-state index in [0.717, 1.165) is 18.2 Å². The van der Waals surface area contributed by atoms with Gasteiger partial charge in [0.25, 0.3) is 0 Å². The van der Waals surface area contributed by atoms with E-state index in [0.29, 0.717) is 22.1 Å². The van der Waals surface area contributed by atoms with E-state index in [1.807, 2.05) is 18.2 Å². The number of hydrogen-bond donors (Lipinski definition) is 0. The van der Waals surface area contributed by atoms with Crippen molar-refractivity contribution in [2.75, 3.05) is 0 Å². The third kappa shape index (κ3) is 4.88. The van der Waals surface area contributed by atoms with Crippen LogP contribution in [0, 0.1) is 17.5 Å². The Morgan fingerprint density at radius 3 is 2.22 bits per heavy atom. The third-order valence-corrected chi connectivity index (χ3v) is 6.00. The highest BCUT2D eigenvalue weighted by Crippen LogP contribution is 2.33. The quantitative estimate of drug-likeness (QED) is 0.244. The fourth-order valence-electron chi connectivity index (χ4n) is 4.23. The average molecular weight is 433 g/mol. The van der Waals surface area contributed by atoms with Crippen molar-refractivity contribution in [2.24, 2.45) is 0 Å². The van der Waals surface area contributed by atoms with Gasteiger partial charge in [0.15, 0.2) is 0 Å². The number of fused-ring (bicyclic) bond motifs is 1. The molecule has 0 heterocycles. The van der Waals surface area contributed by atoms with Gasteiger partial charge in [0.2, 0.25) is 0 Å². The predicted octanol–water partition coefficient (Wildman–Crippen LogP) is 9.10. The summed E-state index contributed by atoms with van der Waals surface area (Å²) in [6.45, 7) is 2.21. The standard InChI is InChI=1S/C29H27F3/c1-2-3-4-5-6-8-20-11-14-26-22(17-20)13-16-27(29(26)32)23-12-15-25(28(31)19-23)21-9-7-10-24(30)18-21/h7,9-19H,2-6,8H2,1H3. The molecule has 4 aromatic carbocycles. The molecule has 164 valence electrons. The Kier molecular flexibility index (Phi) is 6.94. The van der Waals surface area contributed by atoms with Crippen molar-refractivity contribution < 1.29 is 13.2 Å². The van der Waals surface area contributed by atoms with Crippen LogP contribution < -0.4 is 0 Å². The summed E-state index contributed by atoms with van der Waals surface area (Å²) in [5.41, 5.74) is 2.77. The maximum Gasteiger partial charge on any atom is 0.138 e. The minimum absolute atomic E-state index is 0.290. The molecule has 4 rings (SSSR count). The smallest absolute Gasteiger partial charge is 0.138 e. The van der Waals surface area contributed by atoms with Crippen LogP contribution >= 0.6 is 0 Å². The number of unbranched alkanes of at least 4 members (excludes halogenated alkanes) is 4. The van der Waals surface area contributed by atoms with Crippen molar-refractivity contribution in [3.63, 3.8) is 0 Å². The van der Waals surface area contributed by atoms with Crippen LogP contribution in [0.2, 0.25) is 0 Å². The summed E-state index contributed by atoms with van der Waals surface area (Å²) in [4.78, 5) is 0. The molecular weight excluding hydrogens is 405 g/mol. The van der Waals surface area contributed by atoms with Crippen molar-refractivity contribution in [1.82, 2.24) is 0 Å². The third-order valence-electron chi connectivity index (χ3n) is 6.00. The first-order valence-electron chi connectivity index (χ1n) is 11.3. The zero-order valence-corrected chi connectivity index (χ0v) is 18.3. The zero-order valence-electron chi connectivity index (χ0n) is 18.3. The summed E-state index contributed by atoms with van der Waals surface area (Å²) < 4.78 is 43.6. The lowest BCUT2D eigenvalue weighted by Crippen LogP contribution is -1.92. The van der Waals surface area contributed by atoms with Gasteiger partial charge in [-0.05, 0) is 53.1 Å². The molecule has 0 spiro atoms.